The van der Waals surface area contributed by atoms with Crippen molar-refractivity contribution < 1.29 is 23.5 Å². The molecule has 1 fully saturated rings. The number of halogens is 2. The van der Waals surface area contributed by atoms with Crippen LogP contribution in [0.2, 0.25) is 5.02 Å². The maximum absolute atomic E-state index is 13.3. The minimum Gasteiger partial charge on any atom is -0.461 e. The third-order valence-corrected chi connectivity index (χ3v) is 6.75. The van der Waals surface area contributed by atoms with Crippen molar-refractivity contribution in [1.82, 2.24) is 15.2 Å². The van der Waals surface area contributed by atoms with Gasteiger partial charge in [0.15, 0.2) is 10.0 Å². The molecule has 1 amide bonds. The van der Waals surface area contributed by atoms with Gasteiger partial charge in [0.1, 0.15) is 5.82 Å². The average molecular weight is 488 g/mol. The summed E-state index contributed by atoms with van der Waals surface area (Å²) in [6.07, 6.45) is -0.131. The Hall–Kier alpha value is -1.72. The highest BCUT2D eigenvalue weighted by Crippen LogP contribution is 2.23. The zero-order valence-corrected chi connectivity index (χ0v) is 19.3. The van der Waals surface area contributed by atoms with E-state index in [0.717, 1.165) is 12.1 Å². The van der Waals surface area contributed by atoms with Crippen LogP contribution in [0.25, 0.3) is 0 Å². The second-order valence-corrected chi connectivity index (χ2v) is 9.28. The van der Waals surface area contributed by atoms with Crippen LogP contribution in [0.5, 0.6) is 0 Å². The van der Waals surface area contributed by atoms with Gasteiger partial charge in [-0.25, -0.2) is 14.2 Å². The Balaban J connectivity index is 1.39. The zero-order valence-electron chi connectivity index (χ0n) is 16.9. The number of amides is 1. The van der Waals surface area contributed by atoms with E-state index in [-0.39, 0.29) is 28.5 Å². The first-order valence-corrected chi connectivity index (χ1v) is 12.0. The van der Waals surface area contributed by atoms with Crippen LogP contribution in [0, 0.1) is 5.82 Å². The van der Waals surface area contributed by atoms with E-state index in [2.05, 4.69) is 15.2 Å². The highest BCUT2D eigenvalue weighted by atomic mass is 35.5. The van der Waals surface area contributed by atoms with Crippen molar-refractivity contribution in [3.8, 4) is 0 Å². The van der Waals surface area contributed by atoms with E-state index in [1.807, 2.05) is 0 Å². The van der Waals surface area contributed by atoms with Gasteiger partial charge in [-0.15, -0.1) is 11.3 Å². The molecule has 0 aliphatic carbocycles. The summed E-state index contributed by atoms with van der Waals surface area (Å²) in [4.78, 5) is 30.2. The largest absolute Gasteiger partial charge is 0.461 e. The van der Waals surface area contributed by atoms with Gasteiger partial charge in [0.05, 0.1) is 30.1 Å². The van der Waals surface area contributed by atoms with Crippen LogP contribution in [0.15, 0.2) is 27.9 Å². The van der Waals surface area contributed by atoms with Crippen LogP contribution in [0.3, 0.4) is 0 Å². The quantitative estimate of drug-likeness (QED) is 0.429. The van der Waals surface area contributed by atoms with Crippen molar-refractivity contribution in [1.29, 1.82) is 0 Å². The molecule has 0 saturated carbocycles. The normalized spacial score (nSPS) is 16.8. The molecule has 0 bridgehead atoms. The Kier molecular flexibility index (Phi) is 9.09. The zero-order chi connectivity index (χ0) is 22.2. The standard InChI is InChI=1S/C20H23ClFN3O4S2/c1-2-28-19(27)17-11-30-20(24-17)31-12-18(26)23-8-14-10-25(5-6-29-14)9-13-3-4-16(22)15(21)7-13/h3-4,7,11,14H,2,5-6,8-10,12H2,1H3,(H,23,26). The van der Waals surface area contributed by atoms with Crippen molar-refractivity contribution in [2.45, 2.75) is 23.9 Å². The molecular weight excluding hydrogens is 465 g/mol. The second kappa shape index (κ2) is 11.8. The fraction of sp³-hybridized carbons (Fsp3) is 0.450. The predicted octanol–water partition coefficient (Wildman–Crippen LogP) is 3.22. The molecule has 11 heteroatoms. The first-order valence-electron chi connectivity index (χ1n) is 9.74. The summed E-state index contributed by atoms with van der Waals surface area (Å²) in [5.41, 5.74) is 1.19. The molecule has 1 aromatic carbocycles. The lowest BCUT2D eigenvalue weighted by molar-refractivity contribution is -0.119. The summed E-state index contributed by atoms with van der Waals surface area (Å²) in [7, 11) is 0. The molecule has 1 N–H and O–H groups in total. The minimum absolute atomic E-state index is 0.113. The van der Waals surface area contributed by atoms with Crippen molar-refractivity contribution in [2.24, 2.45) is 0 Å². The first kappa shape index (κ1) is 23.9. The molecular formula is C20H23ClFN3O4S2. The molecule has 1 unspecified atom stereocenters. The molecule has 31 heavy (non-hydrogen) atoms. The monoisotopic (exact) mass is 487 g/mol. The number of nitrogens with zero attached hydrogens (tertiary/aromatic N) is 2. The van der Waals surface area contributed by atoms with E-state index in [4.69, 9.17) is 21.1 Å². The molecule has 0 radical (unpaired) electrons. The van der Waals surface area contributed by atoms with E-state index in [1.54, 1.807) is 24.4 Å². The fourth-order valence-electron chi connectivity index (χ4n) is 2.97. The van der Waals surface area contributed by atoms with E-state index < -0.39 is 11.8 Å². The number of thioether (sulfide) groups is 1. The first-order chi connectivity index (χ1) is 14.9. The van der Waals surface area contributed by atoms with E-state index in [0.29, 0.717) is 37.2 Å². The lowest BCUT2D eigenvalue weighted by Crippen LogP contribution is -2.47. The molecule has 2 heterocycles. The van der Waals surface area contributed by atoms with Gasteiger partial charge < -0.3 is 14.8 Å². The van der Waals surface area contributed by atoms with E-state index in [1.165, 1.54) is 29.2 Å². The SMILES string of the molecule is CCOC(=O)c1csc(SCC(=O)NCC2CN(Cc3ccc(F)c(Cl)c3)CCO2)n1. The highest BCUT2D eigenvalue weighted by Gasteiger charge is 2.21. The maximum Gasteiger partial charge on any atom is 0.357 e. The molecule has 1 saturated heterocycles. The molecule has 2 aromatic rings. The summed E-state index contributed by atoms with van der Waals surface area (Å²) < 4.78 is 24.6. The number of hydrogen-bond donors (Lipinski definition) is 1. The van der Waals surface area contributed by atoms with Gasteiger partial charge in [0, 0.05) is 31.6 Å². The molecule has 168 valence electrons. The summed E-state index contributed by atoms with van der Waals surface area (Å²) in [6.45, 7) is 5.01. The lowest BCUT2D eigenvalue weighted by atomic mass is 10.2. The number of carbonyl (C=O) groups excluding carboxylic acids is 2. The van der Waals surface area contributed by atoms with E-state index in [9.17, 15) is 14.0 Å². The van der Waals surface area contributed by atoms with Crippen LogP contribution in [0.4, 0.5) is 4.39 Å². The van der Waals surface area contributed by atoms with Gasteiger partial charge in [-0.3, -0.25) is 9.69 Å². The number of esters is 1. The number of benzene rings is 1. The van der Waals surface area contributed by atoms with Gasteiger partial charge in [-0.2, -0.15) is 0 Å². The smallest absolute Gasteiger partial charge is 0.357 e. The minimum atomic E-state index is -0.461. The molecule has 1 atom stereocenters. The van der Waals surface area contributed by atoms with E-state index >= 15 is 0 Å². The Bertz CT molecular complexity index is 914. The second-order valence-electron chi connectivity index (χ2n) is 6.79. The highest BCUT2D eigenvalue weighted by molar-refractivity contribution is 8.01. The van der Waals surface area contributed by atoms with Crippen LogP contribution in [-0.2, 0) is 20.8 Å². The Morgan fingerprint density at radius 2 is 2.32 bits per heavy atom. The number of hydrogen-bond acceptors (Lipinski definition) is 8. The Morgan fingerprint density at radius 1 is 1.48 bits per heavy atom. The number of aromatic nitrogens is 1. The molecule has 1 aromatic heterocycles. The van der Waals surface area contributed by atoms with Gasteiger partial charge in [-0.05, 0) is 24.6 Å². The van der Waals surface area contributed by atoms with Gasteiger partial charge in [-0.1, -0.05) is 29.4 Å². The number of thiazole rings is 1. The van der Waals surface area contributed by atoms with Crippen LogP contribution in [-0.4, -0.2) is 66.5 Å². The van der Waals surface area contributed by atoms with Crippen molar-refractivity contribution >= 4 is 46.6 Å². The maximum atomic E-state index is 13.3. The summed E-state index contributed by atoms with van der Waals surface area (Å²) in [5.74, 6) is -0.832. The van der Waals surface area contributed by atoms with Crippen LogP contribution < -0.4 is 5.32 Å². The molecule has 3 rings (SSSR count). The Labute approximate surface area is 193 Å². The van der Waals surface area contributed by atoms with Crippen molar-refractivity contribution in [2.75, 3.05) is 38.6 Å². The summed E-state index contributed by atoms with van der Waals surface area (Å²) in [5, 5.41) is 4.61. The lowest BCUT2D eigenvalue weighted by Gasteiger charge is -2.33. The molecule has 1 aliphatic rings. The molecule has 1 aliphatic heterocycles. The predicted molar refractivity (Wildman–Crippen MR) is 118 cm³/mol. The number of ether oxygens (including phenoxy) is 2. The fourth-order valence-corrected chi connectivity index (χ4v) is 4.80. The van der Waals surface area contributed by atoms with Crippen LogP contribution >= 0.6 is 34.7 Å². The molecule has 0 spiro atoms. The number of nitrogens with one attached hydrogen (secondary N) is 1. The average Bonchev–Trinajstić information content (AvgIpc) is 3.23. The van der Waals surface area contributed by atoms with Crippen molar-refractivity contribution in [3.05, 3.63) is 45.7 Å². The van der Waals surface area contributed by atoms with Gasteiger partial charge in [0.2, 0.25) is 5.91 Å². The summed E-state index contributed by atoms with van der Waals surface area (Å²) in [6, 6.07) is 4.72. The summed E-state index contributed by atoms with van der Waals surface area (Å²) >= 11 is 8.43. The number of rotatable bonds is 9. The topological polar surface area (TPSA) is 80.8 Å². The van der Waals surface area contributed by atoms with Crippen LogP contribution in [0.1, 0.15) is 23.0 Å². The third kappa shape index (κ3) is 7.43. The number of morpholine rings is 1. The van der Waals surface area contributed by atoms with Crippen molar-refractivity contribution in [3.63, 3.8) is 0 Å². The third-order valence-electron chi connectivity index (χ3n) is 4.43. The number of carbonyl (C=O) groups is 2. The van der Waals surface area contributed by atoms with Gasteiger partial charge in [0.25, 0.3) is 0 Å². The van der Waals surface area contributed by atoms with Gasteiger partial charge >= 0.3 is 5.97 Å². The molecule has 7 nitrogen and oxygen atoms in total. The Morgan fingerprint density at radius 3 is 3.10 bits per heavy atom.